The van der Waals surface area contributed by atoms with Gasteiger partial charge in [0, 0.05) is 48.8 Å². The lowest BCUT2D eigenvalue weighted by Crippen LogP contribution is -2.32. The topological polar surface area (TPSA) is 31.9 Å². The van der Waals surface area contributed by atoms with Crippen molar-refractivity contribution < 1.29 is 4.39 Å². The van der Waals surface area contributed by atoms with E-state index in [1.807, 2.05) is 36.7 Å². The highest BCUT2D eigenvalue weighted by molar-refractivity contribution is 5.91. The fourth-order valence-corrected chi connectivity index (χ4v) is 4.83. The van der Waals surface area contributed by atoms with E-state index in [0.29, 0.717) is 6.04 Å². The highest BCUT2D eigenvalue weighted by Crippen LogP contribution is 2.41. The van der Waals surface area contributed by atoms with Gasteiger partial charge in [0.1, 0.15) is 5.82 Å². The number of nitrogens with zero attached hydrogens (tertiary/aromatic N) is 2. The van der Waals surface area contributed by atoms with Gasteiger partial charge in [-0.1, -0.05) is 24.6 Å². The fourth-order valence-electron chi connectivity index (χ4n) is 4.83. The van der Waals surface area contributed by atoms with Crippen LogP contribution < -0.4 is 0 Å². The van der Waals surface area contributed by atoms with Crippen molar-refractivity contribution in [2.45, 2.75) is 32.2 Å². The van der Waals surface area contributed by atoms with Crippen LogP contribution >= 0.6 is 0 Å². The molecule has 2 aliphatic rings. The van der Waals surface area contributed by atoms with Crippen molar-refractivity contribution in [3.8, 4) is 22.4 Å². The molecule has 4 heteroatoms. The van der Waals surface area contributed by atoms with Gasteiger partial charge in [-0.3, -0.25) is 9.88 Å². The number of aromatic amines is 1. The Bertz CT molecular complexity index is 1090. The zero-order valence-electron chi connectivity index (χ0n) is 17.2. The van der Waals surface area contributed by atoms with Crippen LogP contribution in [0.3, 0.4) is 0 Å². The molecule has 0 amide bonds. The molecular weight excluding hydrogens is 373 g/mol. The molecule has 1 atom stereocenters. The molecule has 1 fully saturated rings. The number of fused-ring (bicyclic) bond motifs is 1. The number of rotatable bonds is 4. The van der Waals surface area contributed by atoms with Crippen LogP contribution in [0.2, 0.25) is 0 Å². The lowest BCUT2D eigenvalue weighted by atomic mass is 9.90. The van der Waals surface area contributed by atoms with Crippen molar-refractivity contribution in [3.63, 3.8) is 0 Å². The number of H-pyrrole nitrogens is 1. The van der Waals surface area contributed by atoms with E-state index in [2.05, 4.69) is 40.1 Å². The molecule has 30 heavy (non-hydrogen) atoms. The van der Waals surface area contributed by atoms with E-state index in [0.717, 1.165) is 49.2 Å². The van der Waals surface area contributed by atoms with Crippen molar-refractivity contribution in [1.29, 1.82) is 0 Å². The maximum absolute atomic E-state index is 13.5. The monoisotopic (exact) mass is 399 g/mol. The summed E-state index contributed by atoms with van der Waals surface area (Å²) in [6, 6.07) is 11.3. The molecule has 0 spiro atoms. The maximum Gasteiger partial charge on any atom is 0.123 e. The number of hydrogen-bond donors (Lipinski definition) is 1. The van der Waals surface area contributed by atoms with Gasteiger partial charge in [-0.15, -0.1) is 0 Å². The summed E-state index contributed by atoms with van der Waals surface area (Å²) >= 11 is 0. The molecule has 0 unspecified atom stereocenters. The fraction of sp³-hybridized carbons (Fsp3) is 0.269. The first-order chi connectivity index (χ1) is 14.7. The number of hydrogen-bond acceptors (Lipinski definition) is 2. The molecular formula is C26H26FN3. The maximum atomic E-state index is 13.5. The van der Waals surface area contributed by atoms with Crippen LogP contribution in [0.5, 0.6) is 0 Å². The van der Waals surface area contributed by atoms with E-state index in [9.17, 15) is 4.39 Å². The average Bonchev–Trinajstić information content (AvgIpc) is 3.38. The summed E-state index contributed by atoms with van der Waals surface area (Å²) in [4.78, 5) is 10.3. The van der Waals surface area contributed by atoms with Crippen molar-refractivity contribution in [2.75, 3.05) is 13.1 Å². The van der Waals surface area contributed by atoms with E-state index >= 15 is 0 Å². The normalized spacial score (nSPS) is 20.4. The Morgan fingerprint density at radius 1 is 1.13 bits per heavy atom. The molecule has 5 rings (SSSR count). The number of pyridine rings is 1. The molecule has 4 heterocycles. The van der Waals surface area contributed by atoms with Gasteiger partial charge in [0.25, 0.3) is 0 Å². The van der Waals surface area contributed by atoms with E-state index < -0.39 is 0 Å². The Hall–Kier alpha value is -2.98. The molecule has 0 aliphatic carbocycles. The molecule has 2 aromatic heterocycles. The Kier molecular flexibility index (Phi) is 5.09. The van der Waals surface area contributed by atoms with Gasteiger partial charge in [0.05, 0.1) is 5.69 Å². The second-order valence-electron chi connectivity index (χ2n) is 8.15. The van der Waals surface area contributed by atoms with Gasteiger partial charge in [0.15, 0.2) is 0 Å². The van der Waals surface area contributed by atoms with Gasteiger partial charge >= 0.3 is 0 Å². The summed E-state index contributed by atoms with van der Waals surface area (Å²) in [5.41, 5.74) is 8.51. The molecule has 0 bridgehead atoms. The molecule has 0 radical (unpaired) electrons. The van der Waals surface area contributed by atoms with Gasteiger partial charge in [0.2, 0.25) is 0 Å². The highest BCUT2D eigenvalue weighted by Gasteiger charge is 2.30. The Morgan fingerprint density at radius 2 is 1.93 bits per heavy atom. The summed E-state index contributed by atoms with van der Waals surface area (Å²) < 4.78 is 13.5. The first kappa shape index (κ1) is 19.0. The van der Waals surface area contributed by atoms with E-state index in [1.54, 1.807) is 5.57 Å². The van der Waals surface area contributed by atoms with Gasteiger partial charge in [-0.2, -0.15) is 0 Å². The molecule has 1 N–H and O–H groups in total. The second kappa shape index (κ2) is 8.04. The number of aromatic nitrogens is 2. The third-order valence-electron chi connectivity index (χ3n) is 6.23. The van der Waals surface area contributed by atoms with Crippen LogP contribution in [0, 0.1) is 5.82 Å². The SMILES string of the molecule is CCC=C1C[C@H]2C=C(c3c[nH]c(-c4ccc(F)cc4)c3-c3ccncc3)CCN2C1. The molecule has 1 saturated heterocycles. The number of nitrogens with one attached hydrogen (secondary N) is 1. The van der Waals surface area contributed by atoms with Crippen molar-refractivity contribution in [3.05, 3.63) is 84.1 Å². The summed E-state index contributed by atoms with van der Waals surface area (Å²) in [5.74, 6) is -0.219. The second-order valence-corrected chi connectivity index (χ2v) is 8.15. The summed E-state index contributed by atoms with van der Waals surface area (Å²) in [6.07, 6.45) is 13.9. The van der Waals surface area contributed by atoms with Crippen LogP contribution in [0.1, 0.15) is 31.7 Å². The van der Waals surface area contributed by atoms with Crippen LogP contribution in [-0.4, -0.2) is 34.0 Å². The first-order valence-electron chi connectivity index (χ1n) is 10.7. The minimum Gasteiger partial charge on any atom is -0.360 e. The average molecular weight is 400 g/mol. The van der Waals surface area contributed by atoms with Crippen molar-refractivity contribution in [1.82, 2.24) is 14.9 Å². The predicted octanol–water partition coefficient (Wildman–Crippen LogP) is 6.08. The molecule has 152 valence electrons. The molecule has 1 aromatic carbocycles. The molecule has 2 aliphatic heterocycles. The predicted molar refractivity (Wildman–Crippen MR) is 120 cm³/mol. The van der Waals surface area contributed by atoms with Crippen LogP contribution in [0.4, 0.5) is 4.39 Å². The number of allylic oxidation sites excluding steroid dienone is 1. The Morgan fingerprint density at radius 3 is 2.70 bits per heavy atom. The summed E-state index contributed by atoms with van der Waals surface area (Å²) in [5, 5.41) is 0. The smallest absolute Gasteiger partial charge is 0.123 e. The zero-order chi connectivity index (χ0) is 20.5. The van der Waals surface area contributed by atoms with E-state index in [4.69, 9.17) is 0 Å². The third-order valence-corrected chi connectivity index (χ3v) is 6.23. The van der Waals surface area contributed by atoms with E-state index in [-0.39, 0.29) is 5.82 Å². The lowest BCUT2D eigenvalue weighted by Gasteiger charge is -2.28. The van der Waals surface area contributed by atoms with Crippen molar-refractivity contribution >= 4 is 5.57 Å². The highest BCUT2D eigenvalue weighted by atomic mass is 19.1. The van der Waals surface area contributed by atoms with Crippen LogP contribution in [0.25, 0.3) is 28.0 Å². The standard InChI is InChI=1S/C26H26FN3/c1-2-3-18-14-23-15-21(10-13-30(23)17-18)24-16-29-26(20-4-6-22(27)7-5-20)25(24)19-8-11-28-12-9-19/h3-9,11-12,15-16,23,29H,2,10,13-14,17H2,1H3/t23-/m0/s1. The van der Waals surface area contributed by atoms with E-state index in [1.165, 1.54) is 28.8 Å². The quantitative estimate of drug-likeness (QED) is 0.539. The largest absolute Gasteiger partial charge is 0.360 e. The molecule has 0 saturated carbocycles. The lowest BCUT2D eigenvalue weighted by molar-refractivity contribution is 0.290. The third kappa shape index (κ3) is 3.52. The minimum absolute atomic E-state index is 0.219. The van der Waals surface area contributed by atoms with Gasteiger partial charge in [-0.05, 0) is 72.4 Å². The summed E-state index contributed by atoms with van der Waals surface area (Å²) in [7, 11) is 0. The Labute approximate surface area is 177 Å². The van der Waals surface area contributed by atoms with Crippen LogP contribution in [0.15, 0.2) is 72.7 Å². The minimum atomic E-state index is -0.219. The molecule has 3 nitrogen and oxygen atoms in total. The van der Waals surface area contributed by atoms with Gasteiger partial charge < -0.3 is 4.98 Å². The number of halogens is 1. The zero-order valence-corrected chi connectivity index (χ0v) is 17.2. The number of benzene rings is 1. The first-order valence-corrected chi connectivity index (χ1v) is 10.7. The summed E-state index contributed by atoms with van der Waals surface area (Å²) in [6.45, 7) is 4.40. The van der Waals surface area contributed by atoms with Crippen molar-refractivity contribution in [2.24, 2.45) is 0 Å². The molecule has 3 aromatic rings. The Balaban J connectivity index is 1.58. The van der Waals surface area contributed by atoms with Gasteiger partial charge in [-0.25, -0.2) is 4.39 Å². The van der Waals surface area contributed by atoms with Crippen LogP contribution in [-0.2, 0) is 0 Å².